The van der Waals surface area contributed by atoms with Gasteiger partial charge in [0.15, 0.2) is 0 Å². The normalized spacial score (nSPS) is 12.3. The van der Waals surface area contributed by atoms with Crippen molar-refractivity contribution >= 4 is 17.0 Å². The molecule has 0 fully saturated rings. The number of nitrogens with one attached hydrogen (secondary N) is 2. The molecule has 21 heavy (non-hydrogen) atoms. The molecule has 1 atom stereocenters. The van der Waals surface area contributed by atoms with Gasteiger partial charge in [0, 0.05) is 10.6 Å². The number of hydrogen-bond donors (Lipinski definition) is 2. The van der Waals surface area contributed by atoms with Crippen molar-refractivity contribution in [2.75, 3.05) is 5.32 Å². The van der Waals surface area contributed by atoms with Crippen molar-refractivity contribution in [3.05, 3.63) is 52.4 Å². The Hall–Kier alpha value is -2.14. The van der Waals surface area contributed by atoms with Crippen LogP contribution >= 0.6 is 11.3 Å². The fourth-order valence-corrected chi connectivity index (χ4v) is 3.34. The van der Waals surface area contributed by atoms with E-state index in [1.54, 1.807) is 17.7 Å². The zero-order valence-corrected chi connectivity index (χ0v) is 13.2. The van der Waals surface area contributed by atoms with Crippen molar-refractivity contribution in [3.63, 3.8) is 0 Å². The number of aromatic amines is 1. The van der Waals surface area contributed by atoms with Crippen LogP contribution in [0.4, 0.5) is 5.69 Å². The molecule has 0 amide bonds. The van der Waals surface area contributed by atoms with Gasteiger partial charge < -0.3 is 10.3 Å². The number of H-pyrrole nitrogens is 1. The minimum absolute atomic E-state index is 0.202. The van der Waals surface area contributed by atoms with Crippen molar-refractivity contribution in [2.24, 2.45) is 0 Å². The Kier molecular flexibility index (Phi) is 3.75. The van der Waals surface area contributed by atoms with E-state index in [4.69, 9.17) is 0 Å². The molecule has 2 aromatic heterocycles. The number of rotatable bonds is 4. The Bertz CT molecular complexity index is 713. The maximum absolute atomic E-state index is 4.61. The fraction of sp³-hybridized carbons (Fsp3) is 0.250. The molecule has 2 heterocycles. The lowest BCUT2D eigenvalue weighted by Crippen LogP contribution is -2.08. The zero-order valence-electron chi connectivity index (χ0n) is 12.3. The Morgan fingerprint density at radius 2 is 1.95 bits per heavy atom. The molecular formula is C16H18N4S. The molecule has 1 unspecified atom stereocenters. The van der Waals surface area contributed by atoms with Gasteiger partial charge >= 0.3 is 0 Å². The third kappa shape index (κ3) is 2.97. The topological polar surface area (TPSA) is 53.6 Å². The zero-order chi connectivity index (χ0) is 14.8. The summed E-state index contributed by atoms with van der Waals surface area (Å²) >= 11 is 1.75. The number of imidazole rings is 1. The maximum Gasteiger partial charge on any atom is 0.0924 e. The first-order chi connectivity index (χ1) is 10.1. The summed E-state index contributed by atoms with van der Waals surface area (Å²) in [5.41, 5.74) is 4.39. The van der Waals surface area contributed by atoms with Crippen LogP contribution in [0.1, 0.15) is 28.5 Å². The summed E-state index contributed by atoms with van der Waals surface area (Å²) in [7, 11) is 0. The van der Waals surface area contributed by atoms with Crippen LogP contribution in [0.3, 0.4) is 0 Å². The second-order valence-electron chi connectivity index (χ2n) is 5.08. The lowest BCUT2D eigenvalue weighted by Gasteiger charge is -2.14. The number of anilines is 1. The van der Waals surface area contributed by atoms with E-state index in [-0.39, 0.29) is 6.04 Å². The monoisotopic (exact) mass is 298 g/mol. The summed E-state index contributed by atoms with van der Waals surface area (Å²) < 4.78 is 0. The van der Waals surface area contributed by atoms with Crippen molar-refractivity contribution in [3.8, 4) is 11.3 Å². The molecule has 1 aromatic carbocycles. The second-order valence-corrected chi connectivity index (χ2v) is 6.49. The van der Waals surface area contributed by atoms with Crippen LogP contribution in [-0.2, 0) is 0 Å². The highest BCUT2D eigenvalue weighted by atomic mass is 32.1. The standard InChI is InChI=1S/C16H18N4S/c1-10(16-11(2)21-12(3)20-16)19-14-6-4-13(5-7-14)15-8-17-9-18-15/h4-10,19H,1-3H3,(H,17,18). The Labute approximate surface area is 128 Å². The molecule has 3 aromatic rings. The van der Waals surface area contributed by atoms with Crippen LogP contribution in [-0.4, -0.2) is 15.0 Å². The summed E-state index contributed by atoms with van der Waals surface area (Å²) in [5.74, 6) is 0. The van der Waals surface area contributed by atoms with E-state index in [1.165, 1.54) is 4.88 Å². The van der Waals surface area contributed by atoms with Gasteiger partial charge in [0.25, 0.3) is 0 Å². The van der Waals surface area contributed by atoms with Gasteiger partial charge in [-0.05, 0) is 38.5 Å². The van der Waals surface area contributed by atoms with Crippen LogP contribution in [0.15, 0.2) is 36.8 Å². The largest absolute Gasteiger partial charge is 0.377 e. The summed E-state index contributed by atoms with van der Waals surface area (Å²) in [5, 5.41) is 4.62. The minimum atomic E-state index is 0.202. The fourth-order valence-electron chi connectivity index (χ4n) is 2.42. The molecule has 4 nitrogen and oxygen atoms in total. The number of benzene rings is 1. The van der Waals surface area contributed by atoms with Gasteiger partial charge in [0.1, 0.15) is 0 Å². The summed E-state index contributed by atoms with van der Waals surface area (Å²) in [6.45, 7) is 6.32. The Morgan fingerprint density at radius 1 is 1.19 bits per heavy atom. The molecule has 0 aliphatic heterocycles. The van der Waals surface area contributed by atoms with Crippen LogP contribution < -0.4 is 5.32 Å². The average molecular weight is 298 g/mol. The quantitative estimate of drug-likeness (QED) is 0.754. The molecule has 2 N–H and O–H groups in total. The van der Waals surface area contributed by atoms with Gasteiger partial charge in [0.05, 0.1) is 35.0 Å². The molecule has 0 bridgehead atoms. The van der Waals surface area contributed by atoms with Crippen molar-refractivity contribution in [2.45, 2.75) is 26.8 Å². The highest BCUT2D eigenvalue weighted by Gasteiger charge is 2.12. The van der Waals surface area contributed by atoms with E-state index in [9.17, 15) is 0 Å². The smallest absolute Gasteiger partial charge is 0.0924 e. The number of hydrogen-bond acceptors (Lipinski definition) is 4. The van der Waals surface area contributed by atoms with Gasteiger partial charge in [0.2, 0.25) is 0 Å². The van der Waals surface area contributed by atoms with E-state index < -0.39 is 0 Å². The number of aromatic nitrogens is 3. The molecule has 0 saturated heterocycles. The lowest BCUT2D eigenvalue weighted by atomic mass is 10.1. The summed E-state index contributed by atoms with van der Waals surface area (Å²) in [6.07, 6.45) is 3.52. The first-order valence-electron chi connectivity index (χ1n) is 6.93. The van der Waals surface area contributed by atoms with Gasteiger partial charge in [-0.15, -0.1) is 11.3 Å². The van der Waals surface area contributed by atoms with E-state index in [0.29, 0.717) is 0 Å². The molecule has 0 radical (unpaired) electrons. The summed E-state index contributed by atoms with van der Waals surface area (Å²) in [4.78, 5) is 13.0. The molecule has 108 valence electrons. The van der Waals surface area contributed by atoms with Gasteiger partial charge in [-0.25, -0.2) is 9.97 Å². The van der Waals surface area contributed by atoms with Crippen molar-refractivity contribution in [1.29, 1.82) is 0 Å². The third-order valence-electron chi connectivity index (χ3n) is 3.43. The van der Waals surface area contributed by atoms with Gasteiger partial charge in [-0.2, -0.15) is 0 Å². The van der Waals surface area contributed by atoms with Crippen LogP contribution in [0, 0.1) is 13.8 Å². The first-order valence-corrected chi connectivity index (χ1v) is 7.74. The summed E-state index contributed by atoms with van der Waals surface area (Å²) in [6, 6.07) is 8.54. The van der Waals surface area contributed by atoms with Crippen LogP contribution in [0.5, 0.6) is 0 Å². The highest BCUT2D eigenvalue weighted by Crippen LogP contribution is 2.26. The molecule has 0 saturated carbocycles. The Balaban J connectivity index is 1.74. The van der Waals surface area contributed by atoms with E-state index >= 15 is 0 Å². The van der Waals surface area contributed by atoms with Crippen molar-refractivity contribution in [1.82, 2.24) is 15.0 Å². The van der Waals surface area contributed by atoms with Gasteiger partial charge in [-0.1, -0.05) is 12.1 Å². The minimum Gasteiger partial charge on any atom is -0.377 e. The van der Waals surface area contributed by atoms with E-state index in [2.05, 4.69) is 58.4 Å². The number of thiazole rings is 1. The van der Waals surface area contributed by atoms with Crippen LogP contribution in [0.25, 0.3) is 11.3 Å². The predicted octanol–water partition coefficient (Wildman–Crippen LogP) is 4.32. The highest BCUT2D eigenvalue weighted by molar-refractivity contribution is 7.11. The van der Waals surface area contributed by atoms with E-state index in [1.807, 2.05) is 13.1 Å². The number of nitrogens with zero attached hydrogens (tertiary/aromatic N) is 2. The SMILES string of the molecule is Cc1nc(C(C)Nc2ccc(-c3cnc[nH]3)cc2)c(C)s1. The molecular weight excluding hydrogens is 280 g/mol. The van der Waals surface area contributed by atoms with E-state index in [0.717, 1.165) is 27.6 Å². The molecule has 5 heteroatoms. The molecule has 0 aliphatic carbocycles. The third-order valence-corrected chi connectivity index (χ3v) is 4.33. The maximum atomic E-state index is 4.61. The molecule has 0 spiro atoms. The Morgan fingerprint density at radius 3 is 2.52 bits per heavy atom. The van der Waals surface area contributed by atoms with Crippen LogP contribution in [0.2, 0.25) is 0 Å². The van der Waals surface area contributed by atoms with Crippen molar-refractivity contribution < 1.29 is 0 Å². The number of aryl methyl sites for hydroxylation is 2. The second kappa shape index (κ2) is 5.69. The molecule has 3 rings (SSSR count). The lowest BCUT2D eigenvalue weighted by molar-refractivity contribution is 0.837. The molecule has 0 aliphatic rings. The predicted molar refractivity (Wildman–Crippen MR) is 87.6 cm³/mol. The van der Waals surface area contributed by atoms with Gasteiger partial charge in [-0.3, -0.25) is 0 Å². The average Bonchev–Trinajstić information content (AvgIpc) is 3.09. The first kappa shape index (κ1) is 13.8.